The molecule has 0 saturated heterocycles. The highest BCUT2D eigenvalue weighted by Crippen LogP contribution is 2.09. The molecule has 5 heteroatoms. The Morgan fingerprint density at radius 2 is 1.15 bits per heavy atom. The summed E-state index contributed by atoms with van der Waals surface area (Å²) in [4.78, 5) is 0. The molecule has 4 nitrogen and oxygen atoms in total. The molecule has 0 fully saturated rings. The van der Waals surface area contributed by atoms with Gasteiger partial charge in [-0.25, -0.2) is 0 Å². The van der Waals surface area contributed by atoms with Crippen LogP contribution < -0.4 is 0 Å². The minimum atomic E-state index is -3.25. The van der Waals surface area contributed by atoms with Gasteiger partial charge in [0.1, 0.15) is 0 Å². The summed E-state index contributed by atoms with van der Waals surface area (Å²) in [6, 6.07) is 0. The molecular formula is C15H32O4S. The van der Waals surface area contributed by atoms with Crippen LogP contribution in [-0.2, 0) is 19.0 Å². The first kappa shape index (κ1) is 19.9. The molecule has 0 unspecified atom stereocenters. The molecule has 0 rings (SSSR count). The van der Waals surface area contributed by atoms with Crippen LogP contribution in [0.15, 0.2) is 0 Å². The predicted molar refractivity (Wildman–Crippen MR) is 83.5 cm³/mol. The molecule has 0 aliphatic rings. The number of hydrogen-bond donors (Lipinski definition) is 0. The van der Waals surface area contributed by atoms with Crippen molar-refractivity contribution in [1.29, 1.82) is 0 Å². The molecule has 0 amide bonds. The van der Waals surface area contributed by atoms with E-state index in [1.54, 1.807) is 0 Å². The largest absolute Gasteiger partial charge is 0.381 e. The van der Waals surface area contributed by atoms with E-state index in [0.29, 0.717) is 6.61 Å². The average molecular weight is 308 g/mol. The summed E-state index contributed by atoms with van der Waals surface area (Å²) in [7, 11) is -3.25. The zero-order valence-corrected chi connectivity index (χ0v) is 14.1. The Labute approximate surface area is 125 Å². The van der Waals surface area contributed by atoms with Gasteiger partial charge in [0.05, 0.1) is 12.9 Å². The molecule has 122 valence electrons. The SMILES string of the molecule is CCCCOCCCCCCCCCCOS(C)(=O)=O. The van der Waals surface area contributed by atoms with Crippen LogP contribution in [0.5, 0.6) is 0 Å². The van der Waals surface area contributed by atoms with Gasteiger partial charge in [-0.1, -0.05) is 51.9 Å². The van der Waals surface area contributed by atoms with Gasteiger partial charge in [0.15, 0.2) is 0 Å². The predicted octanol–water partition coefficient (Wildman–Crippen LogP) is 3.90. The maximum Gasteiger partial charge on any atom is 0.264 e. The third kappa shape index (κ3) is 17.9. The van der Waals surface area contributed by atoms with E-state index in [4.69, 9.17) is 4.74 Å². The quantitative estimate of drug-likeness (QED) is 0.340. The van der Waals surface area contributed by atoms with Gasteiger partial charge in [0.2, 0.25) is 0 Å². The monoisotopic (exact) mass is 308 g/mol. The van der Waals surface area contributed by atoms with Crippen LogP contribution in [0.25, 0.3) is 0 Å². The fourth-order valence-corrected chi connectivity index (χ4v) is 2.35. The molecule has 0 N–H and O–H groups in total. The van der Waals surface area contributed by atoms with E-state index < -0.39 is 10.1 Å². The lowest BCUT2D eigenvalue weighted by atomic mass is 10.1. The fraction of sp³-hybridized carbons (Fsp3) is 1.00. The van der Waals surface area contributed by atoms with E-state index in [0.717, 1.165) is 32.3 Å². The first-order valence-corrected chi connectivity index (χ1v) is 9.80. The van der Waals surface area contributed by atoms with Crippen molar-refractivity contribution in [2.24, 2.45) is 0 Å². The fourth-order valence-electron chi connectivity index (χ4n) is 1.93. The molecule has 0 aromatic rings. The normalized spacial score (nSPS) is 11.9. The highest BCUT2D eigenvalue weighted by atomic mass is 32.2. The van der Waals surface area contributed by atoms with E-state index >= 15 is 0 Å². The highest BCUT2D eigenvalue weighted by Gasteiger charge is 2.00. The number of unbranched alkanes of at least 4 members (excludes halogenated alkanes) is 8. The van der Waals surface area contributed by atoms with Crippen molar-refractivity contribution in [1.82, 2.24) is 0 Å². The molecular weight excluding hydrogens is 276 g/mol. The summed E-state index contributed by atoms with van der Waals surface area (Å²) >= 11 is 0. The Hall–Kier alpha value is -0.130. The number of ether oxygens (including phenoxy) is 1. The van der Waals surface area contributed by atoms with Gasteiger partial charge in [0.25, 0.3) is 10.1 Å². The smallest absolute Gasteiger partial charge is 0.264 e. The van der Waals surface area contributed by atoms with Crippen LogP contribution in [0.4, 0.5) is 0 Å². The van der Waals surface area contributed by atoms with E-state index in [9.17, 15) is 8.42 Å². The van der Waals surface area contributed by atoms with Crippen LogP contribution >= 0.6 is 0 Å². The molecule has 0 spiro atoms. The minimum absolute atomic E-state index is 0.327. The number of hydrogen-bond acceptors (Lipinski definition) is 4. The van der Waals surface area contributed by atoms with Gasteiger partial charge in [-0.3, -0.25) is 4.18 Å². The molecule has 0 aliphatic carbocycles. The summed E-state index contributed by atoms with van der Waals surface area (Å²) in [5, 5.41) is 0. The molecule has 0 aliphatic heterocycles. The minimum Gasteiger partial charge on any atom is -0.381 e. The third-order valence-corrected chi connectivity index (χ3v) is 3.72. The molecule has 0 atom stereocenters. The van der Waals surface area contributed by atoms with Gasteiger partial charge >= 0.3 is 0 Å². The molecule has 0 radical (unpaired) electrons. The second-order valence-electron chi connectivity index (χ2n) is 5.32. The standard InChI is InChI=1S/C15H32O4S/c1-3-4-13-18-14-11-9-7-5-6-8-10-12-15-19-20(2,16)17/h3-15H2,1-2H3. The van der Waals surface area contributed by atoms with Gasteiger partial charge in [-0.15, -0.1) is 0 Å². The summed E-state index contributed by atoms with van der Waals surface area (Å²) in [5.41, 5.74) is 0. The lowest BCUT2D eigenvalue weighted by Crippen LogP contribution is -2.03. The van der Waals surface area contributed by atoms with E-state index in [1.165, 1.54) is 51.4 Å². The maximum atomic E-state index is 10.7. The Balaban J connectivity index is 3.03. The molecule has 0 aromatic heterocycles. The summed E-state index contributed by atoms with van der Waals surface area (Å²) in [6.45, 7) is 4.32. The lowest BCUT2D eigenvalue weighted by molar-refractivity contribution is 0.127. The van der Waals surface area contributed by atoms with Crippen LogP contribution in [-0.4, -0.2) is 34.5 Å². The van der Waals surface area contributed by atoms with E-state index in [1.807, 2.05) is 0 Å². The summed E-state index contributed by atoms with van der Waals surface area (Å²) in [6.07, 6.45) is 12.7. The van der Waals surface area contributed by atoms with Crippen LogP contribution in [0.2, 0.25) is 0 Å². The van der Waals surface area contributed by atoms with Crippen molar-refractivity contribution in [3.8, 4) is 0 Å². The van der Waals surface area contributed by atoms with Crippen molar-refractivity contribution < 1.29 is 17.3 Å². The Morgan fingerprint density at radius 1 is 0.700 bits per heavy atom. The number of rotatable bonds is 15. The topological polar surface area (TPSA) is 52.6 Å². The van der Waals surface area contributed by atoms with Crippen LogP contribution in [0, 0.1) is 0 Å². The van der Waals surface area contributed by atoms with Crippen molar-refractivity contribution in [3.05, 3.63) is 0 Å². The summed E-state index contributed by atoms with van der Waals surface area (Å²) in [5.74, 6) is 0. The van der Waals surface area contributed by atoms with Crippen molar-refractivity contribution >= 4 is 10.1 Å². The average Bonchev–Trinajstić information content (AvgIpc) is 2.38. The zero-order valence-electron chi connectivity index (χ0n) is 13.2. The molecule has 0 bridgehead atoms. The van der Waals surface area contributed by atoms with Crippen molar-refractivity contribution in [2.45, 2.75) is 71.1 Å². The van der Waals surface area contributed by atoms with Crippen molar-refractivity contribution in [2.75, 3.05) is 26.1 Å². The molecule has 0 aromatic carbocycles. The van der Waals surface area contributed by atoms with Gasteiger partial charge in [0, 0.05) is 13.2 Å². The first-order valence-electron chi connectivity index (χ1n) is 7.98. The Bertz CT molecular complexity index is 288. The van der Waals surface area contributed by atoms with Gasteiger partial charge < -0.3 is 4.74 Å². The zero-order chi connectivity index (χ0) is 15.1. The third-order valence-electron chi connectivity index (χ3n) is 3.12. The molecule has 20 heavy (non-hydrogen) atoms. The Morgan fingerprint density at radius 3 is 1.65 bits per heavy atom. The van der Waals surface area contributed by atoms with Crippen molar-refractivity contribution in [3.63, 3.8) is 0 Å². The van der Waals surface area contributed by atoms with Gasteiger partial charge in [-0.05, 0) is 19.3 Å². The highest BCUT2D eigenvalue weighted by molar-refractivity contribution is 7.85. The maximum absolute atomic E-state index is 10.7. The van der Waals surface area contributed by atoms with E-state index in [-0.39, 0.29) is 0 Å². The first-order chi connectivity index (χ1) is 9.56. The summed E-state index contributed by atoms with van der Waals surface area (Å²) < 4.78 is 31.6. The van der Waals surface area contributed by atoms with Gasteiger partial charge in [-0.2, -0.15) is 8.42 Å². The second-order valence-corrected chi connectivity index (χ2v) is 6.96. The van der Waals surface area contributed by atoms with Crippen LogP contribution in [0.3, 0.4) is 0 Å². The molecule has 0 saturated carbocycles. The lowest BCUT2D eigenvalue weighted by Gasteiger charge is -2.04. The van der Waals surface area contributed by atoms with E-state index in [2.05, 4.69) is 11.1 Å². The molecule has 0 heterocycles. The second kappa shape index (κ2) is 13.8. The Kier molecular flexibility index (Phi) is 13.7. The van der Waals surface area contributed by atoms with Crippen LogP contribution in [0.1, 0.15) is 71.1 Å².